The van der Waals surface area contributed by atoms with E-state index in [2.05, 4.69) is 30.7 Å². The minimum absolute atomic E-state index is 0. The second-order valence-electron chi connectivity index (χ2n) is 6.50. The fraction of sp³-hybridized carbons (Fsp3) is 0.444. The van der Waals surface area contributed by atoms with E-state index in [0.29, 0.717) is 17.4 Å². The summed E-state index contributed by atoms with van der Waals surface area (Å²) in [6.45, 7) is 3.30. The molecule has 0 amide bonds. The van der Waals surface area contributed by atoms with Gasteiger partial charge in [0.15, 0.2) is 5.96 Å². The summed E-state index contributed by atoms with van der Waals surface area (Å²) in [6.07, 6.45) is 2.69. The number of thiazole rings is 1. The molecule has 1 aromatic carbocycles. The summed E-state index contributed by atoms with van der Waals surface area (Å²) in [6, 6.07) is 7.03. The molecule has 1 aliphatic rings. The minimum atomic E-state index is -3.40. The van der Waals surface area contributed by atoms with Gasteiger partial charge in [-0.05, 0) is 37.5 Å². The first-order chi connectivity index (χ1) is 13.0. The molecule has 1 fully saturated rings. The predicted octanol–water partition coefficient (Wildman–Crippen LogP) is 2.42. The van der Waals surface area contributed by atoms with Crippen LogP contribution in [0.25, 0.3) is 0 Å². The van der Waals surface area contributed by atoms with Crippen molar-refractivity contribution in [2.75, 3.05) is 13.6 Å². The molecule has 3 rings (SSSR count). The Morgan fingerprint density at radius 3 is 2.54 bits per heavy atom. The molecule has 1 heterocycles. The topological polar surface area (TPSA) is 95.5 Å². The molecule has 0 saturated heterocycles. The van der Waals surface area contributed by atoms with Crippen molar-refractivity contribution in [2.24, 2.45) is 4.99 Å². The van der Waals surface area contributed by atoms with E-state index < -0.39 is 10.0 Å². The lowest BCUT2D eigenvalue weighted by atomic mass is 10.2. The molecule has 0 unspecified atom stereocenters. The molecule has 0 aliphatic heterocycles. The summed E-state index contributed by atoms with van der Waals surface area (Å²) in [4.78, 5) is 8.95. The van der Waals surface area contributed by atoms with Crippen LogP contribution in [-0.4, -0.2) is 39.0 Å². The molecule has 2 aromatic rings. The minimum Gasteiger partial charge on any atom is -0.356 e. The van der Waals surface area contributed by atoms with Crippen LogP contribution < -0.4 is 15.4 Å². The molecule has 0 radical (unpaired) electrons. The number of halogens is 1. The Morgan fingerprint density at radius 1 is 1.25 bits per heavy atom. The summed E-state index contributed by atoms with van der Waals surface area (Å²) in [5.41, 5.74) is 2.07. The van der Waals surface area contributed by atoms with Gasteiger partial charge >= 0.3 is 0 Å². The van der Waals surface area contributed by atoms with Crippen molar-refractivity contribution in [3.05, 3.63) is 45.9 Å². The normalized spacial score (nSPS) is 14.4. The molecule has 0 spiro atoms. The zero-order valence-electron chi connectivity index (χ0n) is 15.9. The summed E-state index contributed by atoms with van der Waals surface area (Å²) in [5, 5.41) is 9.64. The third kappa shape index (κ3) is 6.98. The first kappa shape index (κ1) is 23.0. The van der Waals surface area contributed by atoms with Crippen LogP contribution >= 0.6 is 35.3 Å². The van der Waals surface area contributed by atoms with Crippen molar-refractivity contribution in [2.45, 2.75) is 43.7 Å². The number of nitrogens with one attached hydrogen (secondary N) is 3. The SMILES string of the molecule is CN=C(NCCc1csc(C)n1)NCc1ccc(S(=O)(=O)NC2CC2)cc1.I. The number of aryl methyl sites for hydroxylation is 1. The van der Waals surface area contributed by atoms with E-state index in [1.165, 1.54) is 0 Å². The average molecular weight is 535 g/mol. The molecule has 1 aliphatic carbocycles. The van der Waals surface area contributed by atoms with E-state index in [1.54, 1.807) is 30.5 Å². The fourth-order valence-corrected chi connectivity index (χ4v) is 4.47. The number of aromatic nitrogens is 1. The van der Waals surface area contributed by atoms with Crippen LogP contribution in [0.3, 0.4) is 0 Å². The van der Waals surface area contributed by atoms with Gasteiger partial charge in [-0.15, -0.1) is 35.3 Å². The Balaban J connectivity index is 0.00000280. The number of sulfonamides is 1. The maximum Gasteiger partial charge on any atom is 0.240 e. The number of guanidine groups is 1. The van der Waals surface area contributed by atoms with Crippen molar-refractivity contribution < 1.29 is 8.42 Å². The summed E-state index contributed by atoms with van der Waals surface area (Å²) < 4.78 is 27.1. The van der Waals surface area contributed by atoms with Crippen LogP contribution in [0.2, 0.25) is 0 Å². The van der Waals surface area contributed by atoms with Gasteiger partial charge in [0.2, 0.25) is 10.0 Å². The van der Waals surface area contributed by atoms with Crippen LogP contribution in [0.1, 0.15) is 29.1 Å². The van der Waals surface area contributed by atoms with Crippen LogP contribution in [0.5, 0.6) is 0 Å². The second kappa shape index (κ2) is 10.5. The summed E-state index contributed by atoms with van der Waals surface area (Å²) in [5.74, 6) is 0.703. The van der Waals surface area contributed by atoms with Gasteiger partial charge in [0.25, 0.3) is 0 Å². The Bertz CT molecular complexity index is 893. The molecule has 7 nitrogen and oxygen atoms in total. The average Bonchev–Trinajstić information content (AvgIpc) is 3.36. The van der Waals surface area contributed by atoms with Gasteiger partial charge in [-0.1, -0.05) is 12.1 Å². The molecule has 154 valence electrons. The molecule has 3 N–H and O–H groups in total. The zero-order valence-corrected chi connectivity index (χ0v) is 19.9. The fourth-order valence-electron chi connectivity index (χ4n) is 2.51. The van der Waals surface area contributed by atoms with E-state index in [-0.39, 0.29) is 30.0 Å². The van der Waals surface area contributed by atoms with Crippen LogP contribution in [-0.2, 0) is 23.0 Å². The van der Waals surface area contributed by atoms with E-state index in [4.69, 9.17) is 0 Å². The highest BCUT2D eigenvalue weighted by molar-refractivity contribution is 14.0. The smallest absolute Gasteiger partial charge is 0.240 e. The number of aliphatic imine (C=N–C) groups is 1. The van der Waals surface area contributed by atoms with Crippen molar-refractivity contribution in [1.29, 1.82) is 0 Å². The van der Waals surface area contributed by atoms with Crippen molar-refractivity contribution in [1.82, 2.24) is 20.3 Å². The molecule has 0 atom stereocenters. The highest BCUT2D eigenvalue weighted by Crippen LogP contribution is 2.22. The highest BCUT2D eigenvalue weighted by atomic mass is 127. The molecular formula is C18H26IN5O2S2. The van der Waals surface area contributed by atoms with E-state index >= 15 is 0 Å². The second-order valence-corrected chi connectivity index (χ2v) is 9.28. The third-order valence-corrected chi connectivity index (χ3v) is 6.52. The highest BCUT2D eigenvalue weighted by Gasteiger charge is 2.27. The summed E-state index contributed by atoms with van der Waals surface area (Å²) in [7, 11) is -1.67. The quantitative estimate of drug-likeness (QED) is 0.274. The van der Waals surface area contributed by atoms with Gasteiger partial charge in [0.05, 0.1) is 15.6 Å². The van der Waals surface area contributed by atoms with E-state index in [0.717, 1.165) is 42.1 Å². The van der Waals surface area contributed by atoms with Gasteiger partial charge in [-0.25, -0.2) is 18.1 Å². The Kier molecular flexibility index (Phi) is 8.65. The van der Waals surface area contributed by atoms with Gasteiger partial charge in [0.1, 0.15) is 0 Å². The maximum absolute atomic E-state index is 12.2. The van der Waals surface area contributed by atoms with Gasteiger partial charge < -0.3 is 10.6 Å². The van der Waals surface area contributed by atoms with Gasteiger partial charge in [-0.3, -0.25) is 4.99 Å². The largest absolute Gasteiger partial charge is 0.356 e. The predicted molar refractivity (Wildman–Crippen MR) is 124 cm³/mol. The number of rotatable bonds is 8. The third-order valence-electron chi connectivity index (χ3n) is 4.16. The number of benzene rings is 1. The van der Waals surface area contributed by atoms with Crippen LogP contribution in [0, 0.1) is 6.92 Å². The Hall–Kier alpha value is -1.24. The lowest BCUT2D eigenvalue weighted by Crippen LogP contribution is -2.37. The van der Waals surface area contributed by atoms with Crippen LogP contribution in [0.15, 0.2) is 39.5 Å². The molecule has 10 heteroatoms. The van der Waals surface area contributed by atoms with Crippen molar-refractivity contribution in [3.63, 3.8) is 0 Å². The van der Waals surface area contributed by atoms with Crippen LogP contribution in [0.4, 0.5) is 0 Å². The Labute approximate surface area is 187 Å². The lowest BCUT2D eigenvalue weighted by molar-refractivity contribution is 0.581. The molecule has 1 aromatic heterocycles. The maximum atomic E-state index is 12.2. The molecule has 0 bridgehead atoms. The number of hydrogen-bond acceptors (Lipinski definition) is 5. The summed E-state index contributed by atoms with van der Waals surface area (Å²) >= 11 is 1.65. The molecule has 1 saturated carbocycles. The lowest BCUT2D eigenvalue weighted by Gasteiger charge is -2.12. The van der Waals surface area contributed by atoms with E-state index in [9.17, 15) is 8.42 Å². The van der Waals surface area contributed by atoms with Crippen molar-refractivity contribution in [3.8, 4) is 0 Å². The first-order valence-electron chi connectivity index (χ1n) is 8.93. The molecular weight excluding hydrogens is 509 g/mol. The number of hydrogen-bond donors (Lipinski definition) is 3. The Morgan fingerprint density at radius 2 is 1.96 bits per heavy atom. The monoisotopic (exact) mass is 535 g/mol. The molecule has 28 heavy (non-hydrogen) atoms. The zero-order chi connectivity index (χ0) is 19.3. The standard InChI is InChI=1S/C18H25N5O2S2.HI/c1-13-22-16(12-26-13)9-10-20-18(19-2)21-11-14-3-7-17(8-4-14)27(24,25)23-15-5-6-15;/h3-4,7-8,12,15,23H,5-6,9-11H2,1-2H3,(H2,19,20,21);1H. The van der Waals surface area contributed by atoms with Gasteiger partial charge in [-0.2, -0.15) is 0 Å². The number of nitrogens with zero attached hydrogens (tertiary/aromatic N) is 2. The van der Waals surface area contributed by atoms with E-state index in [1.807, 2.05) is 19.1 Å². The van der Waals surface area contributed by atoms with Gasteiger partial charge in [0, 0.05) is 38.0 Å². The van der Waals surface area contributed by atoms with Crippen molar-refractivity contribution >= 4 is 51.3 Å². The first-order valence-corrected chi connectivity index (χ1v) is 11.3.